The Bertz CT molecular complexity index is 1010. The number of esters is 1. The van der Waals surface area contributed by atoms with Crippen LogP contribution in [0.25, 0.3) is 0 Å². The minimum Gasteiger partial charge on any atom is -0.458 e. The highest BCUT2D eigenvalue weighted by Crippen LogP contribution is 2.73. The Hall–Kier alpha value is -1.50. The highest BCUT2D eigenvalue weighted by atomic mass is 16.6. The number of rotatable bonds is 4. The van der Waals surface area contributed by atoms with Gasteiger partial charge in [0.2, 0.25) is 0 Å². The minimum absolute atomic E-state index is 0.0930. The zero-order valence-corrected chi connectivity index (χ0v) is 21.7. The molecule has 0 unspecified atom stereocenters. The summed E-state index contributed by atoms with van der Waals surface area (Å²) in [7, 11) is 1.73. The molecule has 0 bridgehead atoms. The van der Waals surface area contributed by atoms with Crippen molar-refractivity contribution in [3.63, 3.8) is 0 Å². The summed E-state index contributed by atoms with van der Waals surface area (Å²) < 4.78 is 18.2. The molecule has 192 valence electrons. The van der Waals surface area contributed by atoms with Crippen molar-refractivity contribution in [1.82, 2.24) is 0 Å². The van der Waals surface area contributed by atoms with Crippen LogP contribution in [0.3, 0.4) is 0 Å². The van der Waals surface area contributed by atoms with Gasteiger partial charge in [0.25, 0.3) is 0 Å². The third kappa shape index (κ3) is 2.88. The third-order valence-corrected chi connectivity index (χ3v) is 11.8. The molecule has 4 fully saturated rings. The lowest BCUT2D eigenvalue weighted by Gasteiger charge is -2.58. The molecule has 1 saturated heterocycles. The zero-order chi connectivity index (χ0) is 24.9. The molecule has 0 amide bonds. The lowest BCUT2D eigenvalue weighted by atomic mass is 9.44. The molecule has 0 radical (unpaired) electrons. The number of aliphatic hydroxyl groups excluding tert-OH is 1. The standard InChI is InChI=1S/C29H40O6/c1-15-12-22(34-26(32)18(15)14-30)16(2)19-6-7-20-17-13-25-29(35-25)24(33-5)9-8-23(31)28(29,4)21(17)10-11-27(19,20)3/h8-9,16-17,19-22,24-25,30H,6-7,10-14H2,1-5H3/t16-,17-,19+,20-,21-,22+,24-,25+,27+,28-,29+/m0/s1. The fourth-order valence-corrected chi connectivity index (χ4v) is 9.92. The lowest BCUT2D eigenvalue weighted by molar-refractivity contribution is -0.156. The summed E-state index contributed by atoms with van der Waals surface area (Å²) >= 11 is 0. The fraction of sp³-hybridized carbons (Fsp3) is 0.793. The van der Waals surface area contributed by atoms with Gasteiger partial charge >= 0.3 is 5.97 Å². The number of carbonyl (C=O) groups is 2. The average molecular weight is 485 g/mol. The van der Waals surface area contributed by atoms with Crippen molar-refractivity contribution in [3.8, 4) is 0 Å². The smallest absolute Gasteiger partial charge is 0.336 e. The molecular weight excluding hydrogens is 444 g/mol. The predicted molar refractivity (Wildman–Crippen MR) is 129 cm³/mol. The molecule has 1 spiro atoms. The van der Waals surface area contributed by atoms with Crippen LogP contribution in [0.5, 0.6) is 0 Å². The van der Waals surface area contributed by atoms with Crippen LogP contribution in [0.2, 0.25) is 0 Å². The Morgan fingerprint density at radius 2 is 1.97 bits per heavy atom. The lowest BCUT2D eigenvalue weighted by Crippen LogP contribution is -2.63. The molecule has 2 aliphatic heterocycles. The van der Waals surface area contributed by atoms with Crippen molar-refractivity contribution < 1.29 is 28.9 Å². The molecule has 6 nitrogen and oxygen atoms in total. The maximum absolute atomic E-state index is 13.5. The van der Waals surface area contributed by atoms with E-state index in [-0.39, 0.29) is 48.0 Å². The summed E-state index contributed by atoms with van der Waals surface area (Å²) in [6.45, 7) is 8.58. The first-order valence-corrected chi connectivity index (χ1v) is 13.6. The zero-order valence-electron chi connectivity index (χ0n) is 21.7. The first kappa shape index (κ1) is 23.9. The minimum atomic E-state index is -0.525. The maximum atomic E-state index is 13.5. The topological polar surface area (TPSA) is 85.4 Å². The molecule has 0 aromatic carbocycles. The van der Waals surface area contributed by atoms with E-state index in [9.17, 15) is 14.7 Å². The van der Waals surface area contributed by atoms with Crippen LogP contribution in [0, 0.1) is 40.4 Å². The molecule has 6 rings (SSSR count). The molecular formula is C29H40O6. The van der Waals surface area contributed by atoms with E-state index >= 15 is 0 Å². The van der Waals surface area contributed by atoms with E-state index in [4.69, 9.17) is 14.2 Å². The van der Waals surface area contributed by atoms with E-state index in [1.165, 1.54) is 0 Å². The van der Waals surface area contributed by atoms with Crippen molar-refractivity contribution in [1.29, 1.82) is 0 Å². The van der Waals surface area contributed by atoms with Gasteiger partial charge in [0, 0.05) is 13.5 Å². The number of ketones is 1. The van der Waals surface area contributed by atoms with Gasteiger partial charge in [-0.1, -0.05) is 19.4 Å². The normalized spacial score (nSPS) is 51.2. The molecule has 0 aromatic heterocycles. The van der Waals surface area contributed by atoms with Gasteiger partial charge in [0.05, 0.1) is 23.7 Å². The van der Waals surface area contributed by atoms with E-state index in [0.29, 0.717) is 35.7 Å². The van der Waals surface area contributed by atoms with Crippen LogP contribution in [0.15, 0.2) is 23.3 Å². The maximum Gasteiger partial charge on any atom is 0.336 e. The second kappa shape index (κ2) is 7.75. The quantitative estimate of drug-likeness (QED) is 0.479. The number of allylic oxidation sites excluding steroid dienone is 1. The number of epoxide rings is 1. The van der Waals surface area contributed by atoms with Gasteiger partial charge in [-0.25, -0.2) is 4.79 Å². The Morgan fingerprint density at radius 3 is 2.66 bits per heavy atom. The highest BCUT2D eigenvalue weighted by Gasteiger charge is 2.80. The molecule has 6 aliphatic rings. The molecule has 3 saturated carbocycles. The number of fused-ring (bicyclic) bond motifs is 4. The van der Waals surface area contributed by atoms with Gasteiger partial charge in [-0.15, -0.1) is 0 Å². The second-order valence-electron chi connectivity index (χ2n) is 12.7. The summed E-state index contributed by atoms with van der Waals surface area (Å²) in [6.07, 6.45) is 9.62. The molecule has 2 heterocycles. The summed E-state index contributed by atoms with van der Waals surface area (Å²) in [4.78, 5) is 26.0. The number of aliphatic hydroxyl groups is 1. The van der Waals surface area contributed by atoms with Crippen molar-refractivity contribution in [2.24, 2.45) is 40.4 Å². The Balaban J connectivity index is 1.27. The van der Waals surface area contributed by atoms with Crippen LogP contribution in [-0.2, 0) is 23.8 Å². The Morgan fingerprint density at radius 1 is 1.20 bits per heavy atom. The molecule has 4 aliphatic carbocycles. The van der Waals surface area contributed by atoms with Crippen molar-refractivity contribution in [2.45, 2.75) is 90.1 Å². The monoisotopic (exact) mass is 484 g/mol. The van der Waals surface area contributed by atoms with Crippen molar-refractivity contribution in [3.05, 3.63) is 23.3 Å². The summed E-state index contributed by atoms with van der Waals surface area (Å²) in [5, 5.41) is 9.55. The second-order valence-corrected chi connectivity index (χ2v) is 12.7. The van der Waals surface area contributed by atoms with Gasteiger partial charge in [-0.05, 0) is 93.1 Å². The van der Waals surface area contributed by atoms with Crippen LogP contribution in [0.4, 0.5) is 0 Å². The van der Waals surface area contributed by atoms with E-state index in [0.717, 1.165) is 37.7 Å². The SMILES string of the molecule is CO[C@H]1C=CC(=O)[C@]2(C)[C@H]3CC[C@]4(C)[C@@H]([C@H](C)[C@H]5CC(C)=C(CO)C(=O)O5)CC[C@H]4[C@@H]3C[C@H]3O[C@]132. The van der Waals surface area contributed by atoms with Gasteiger partial charge in [-0.3, -0.25) is 4.79 Å². The molecule has 6 heteroatoms. The number of ether oxygens (including phenoxy) is 3. The largest absolute Gasteiger partial charge is 0.458 e. The fourth-order valence-electron chi connectivity index (χ4n) is 9.92. The number of hydrogen-bond acceptors (Lipinski definition) is 6. The average Bonchev–Trinajstić information content (AvgIpc) is 3.44. The van der Waals surface area contributed by atoms with Gasteiger partial charge in [0.15, 0.2) is 5.78 Å². The van der Waals surface area contributed by atoms with Crippen LogP contribution in [0.1, 0.15) is 66.2 Å². The van der Waals surface area contributed by atoms with Crippen molar-refractivity contribution >= 4 is 11.8 Å². The number of cyclic esters (lactones) is 1. The first-order valence-electron chi connectivity index (χ1n) is 13.6. The van der Waals surface area contributed by atoms with Gasteiger partial charge in [0.1, 0.15) is 17.8 Å². The van der Waals surface area contributed by atoms with E-state index < -0.39 is 11.0 Å². The molecule has 1 N–H and O–H groups in total. The molecule has 35 heavy (non-hydrogen) atoms. The van der Waals surface area contributed by atoms with E-state index in [1.807, 2.05) is 13.0 Å². The molecule has 11 atom stereocenters. The van der Waals surface area contributed by atoms with Crippen LogP contribution < -0.4 is 0 Å². The molecule has 0 aromatic rings. The van der Waals surface area contributed by atoms with Crippen molar-refractivity contribution in [2.75, 3.05) is 13.7 Å². The summed E-state index contributed by atoms with van der Waals surface area (Å²) in [6, 6.07) is 0. The first-order chi connectivity index (χ1) is 16.6. The number of hydrogen-bond donors (Lipinski definition) is 1. The summed E-state index contributed by atoms with van der Waals surface area (Å²) in [5.41, 5.74) is 0.541. The van der Waals surface area contributed by atoms with Crippen LogP contribution >= 0.6 is 0 Å². The van der Waals surface area contributed by atoms with Crippen LogP contribution in [-0.4, -0.2) is 54.5 Å². The number of methoxy groups -OCH3 is 1. The van der Waals surface area contributed by atoms with E-state index in [2.05, 4.69) is 20.8 Å². The Labute approximate surface area is 208 Å². The number of carbonyl (C=O) groups excluding carboxylic acids is 2. The highest BCUT2D eigenvalue weighted by molar-refractivity contribution is 5.98. The Kier molecular flexibility index (Phi) is 5.29. The summed E-state index contributed by atoms with van der Waals surface area (Å²) in [5.74, 6) is 1.93. The third-order valence-electron chi connectivity index (χ3n) is 11.8. The van der Waals surface area contributed by atoms with E-state index in [1.54, 1.807) is 13.2 Å². The van der Waals surface area contributed by atoms with Gasteiger partial charge in [-0.2, -0.15) is 0 Å². The predicted octanol–water partition coefficient (Wildman–Crippen LogP) is 4.01. The van der Waals surface area contributed by atoms with Gasteiger partial charge < -0.3 is 19.3 Å².